The molecule has 0 aromatic carbocycles. The van der Waals surface area contributed by atoms with Crippen molar-refractivity contribution >= 4 is 38.8 Å². The Balaban J connectivity index is 2.59. The lowest BCUT2D eigenvalue weighted by Crippen LogP contribution is -1.93. The van der Waals surface area contributed by atoms with E-state index in [1.54, 1.807) is 18.4 Å². The maximum Gasteiger partial charge on any atom is 0.141 e. The fourth-order valence-electron chi connectivity index (χ4n) is 1.08. The van der Waals surface area contributed by atoms with E-state index in [0.29, 0.717) is 6.61 Å². The second-order valence-corrected chi connectivity index (χ2v) is 4.25. The van der Waals surface area contributed by atoms with E-state index >= 15 is 0 Å². The number of hydrogen-bond donors (Lipinski definition) is 0. The molecular weight excluding hydrogens is 287 g/mol. The third-order valence-corrected chi connectivity index (χ3v) is 3.55. The minimum absolute atomic E-state index is 0.570. The van der Waals surface area contributed by atoms with Gasteiger partial charge in [0.2, 0.25) is 0 Å². The predicted molar refractivity (Wildman–Crippen MR) is 56.5 cm³/mol. The second-order valence-electron chi connectivity index (χ2n) is 2.33. The molecule has 0 fully saturated rings. The number of aromatic nitrogens is 2. The van der Waals surface area contributed by atoms with Crippen LogP contribution < -0.4 is 0 Å². The summed E-state index contributed by atoms with van der Waals surface area (Å²) in [6, 6.07) is 0. The summed E-state index contributed by atoms with van der Waals surface area (Å²) >= 11 is 3.94. The average Bonchev–Trinajstić information content (AvgIpc) is 2.58. The van der Waals surface area contributed by atoms with E-state index in [4.69, 9.17) is 4.74 Å². The van der Waals surface area contributed by atoms with Crippen molar-refractivity contribution in [3.05, 3.63) is 21.1 Å². The van der Waals surface area contributed by atoms with Crippen LogP contribution in [0.1, 0.15) is 5.82 Å². The Bertz CT molecular complexity index is 395. The molecule has 0 bridgehead atoms. The lowest BCUT2D eigenvalue weighted by atomic mass is 10.6. The number of imidazole rings is 1. The van der Waals surface area contributed by atoms with Crippen molar-refractivity contribution < 1.29 is 4.74 Å². The quantitative estimate of drug-likeness (QED) is 0.793. The van der Waals surface area contributed by atoms with Crippen molar-refractivity contribution in [3.63, 3.8) is 0 Å². The van der Waals surface area contributed by atoms with Gasteiger partial charge in [-0.1, -0.05) is 0 Å². The highest BCUT2D eigenvalue weighted by molar-refractivity contribution is 14.1. The molecule has 64 valence electrons. The van der Waals surface area contributed by atoms with E-state index in [-0.39, 0.29) is 0 Å². The van der Waals surface area contributed by atoms with Crippen LogP contribution in [0.2, 0.25) is 0 Å². The smallest absolute Gasteiger partial charge is 0.141 e. The van der Waals surface area contributed by atoms with Gasteiger partial charge in [0.25, 0.3) is 0 Å². The van der Waals surface area contributed by atoms with Crippen LogP contribution in [0, 0.1) is 3.70 Å². The largest absolute Gasteiger partial charge is 0.377 e. The molecule has 0 saturated heterocycles. The molecule has 5 heteroatoms. The maximum absolute atomic E-state index is 5.04. The molecule has 0 atom stereocenters. The fourth-order valence-corrected chi connectivity index (χ4v) is 2.73. The van der Waals surface area contributed by atoms with E-state index in [2.05, 4.69) is 37.4 Å². The van der Waals surface area contributed by atoms with Gasteiger partial charge >= 0.3 is 0 Å². The Labute approximate surface area is 87.5 Å². The Kier molecular flexibility index (Phi) is 2.33. The van der Waals surface area contributed by atoms with Crippen molar-refractivity contribution in [1.82, 2.24) is 9.38 Å². The van der Waals surface area contributed by atoms with Crippen LogP contribution in [0.3, 0.4) is 0 Å². The summed E-state index contributed by atoms with van der Waals surface area (Å²) in [6.45, 7) is 0.570. The van der Waals surface area contributed by atoms with Crippen LogP contribution in [0.15, 0.2) is 11.6 Å². The van der Waals surface area contributed by atoms with Gasteiger partial charge in [-0.25, -0.2) is 4.98 Å². The molecule has 0 aliphatic carbocycles. The van der Waals surface area contributed by atoms with E-state index in [1.807, 2.05) is 6.20 Å². The third-order valence-electron chi connectivity index (χ3n) is 1.56. The summed E-state index contributed by atoms with van der Waals surface area (Å²) in [6.07, 6.45) is 2.02. The van der Waals surface area contributed by atoms with Crippen LogP contribution in [0.5, 0.6) is 0 Å². The second kappa shape index (κ2) is 3.31. The highest BCUT2D eigenvalue weighted by Crippen LogP contribution is 2.20. The van der Waals surface area contributed by atoms with Crippen molar-refractivity contribution in [2.75, 3.05) is 7.11 Å². The standard InChI is InChI=1S/C7H7IN2OS/c1-11-4-5-9-6(8)7-10(5)2-3-12-7/h2-3H,4H2,1H3. The van der Waals surface area contributed by atoms with Gasteiger partial charge in [-0.3, -0.25) is 4.40 Å². The van der Waals surface area contributed by atoms with Gasteiger partial charge in [0.05, 0.1) is 0 Å². The molecule has 2 heterocycles. The third kappa shape index (κ3) is 1.25. The number of ether oxygens (including phenoxy) is 1. The first-order valence-electron chi connectivity index (χ1n) is 3.42. The lowest BCUT2D eigenvalue weighted by molar-refractivity contribution is 0.177. The first-order chi connectivity index (χ1) is 5.83. The molecule has 2 aromatic rings. The Morgan fingerprint density at radius 2 is 2.58 bits per heavy atom. The summed E-state index contributed by atoms with van der Waals surface area (Å²) in [4.78, 5) is 5.57. The molecule has 12 heavy (non-hydrogen) atoms. The normalized spacial score (nSPS) is 11.2. The number of thiazole rings is 1. The zero-order valence-corrected chi connectivity index (χ0v) is 9.42. The van der Waals surface area contributed by atoms with Gasteiger partial charge in [0.15, 0.2) is 0 Å². The Morgan fingerprint density at radius 1 is 1.75 bits per heavy atom. The predicted octanol–water partition coefficient (Wildman–Crippen LogP) is 2.15. The van der Waals surface area contributed by atoms with Crippen molar-refractivity contribution in [2.45, 2.75) is 6.61 Å². The maximum atomic E-state index is 5.04. The zero-order valence-electron chi connectivity index (χ0n) is 6.45. The number of hydrogen-bond acceptors (Lipinski definition) is 3. The minimum Gasteiger partial charge on any atom is -0.377 e. The number of methoxy groups -OCH3 is 1. The van der Waals surface area contributed by atoms with Crippen LogP contribution in [0.4, 0.5) is 0 Å². The van der Waals surface area contributed by atoms with Crippen molar-refractivity contribution in [3.8, 4) is 0 Å². The van der Waals surface area contributed by atoms with Crippen LogP contribution in [-0.4, -0.2) is 16.5 Å². The van der Waals surface area contributed by atoms with Gasteiger partial charge < -0.3 is 4.74 Å². The summed E-state index contributed by atoms with van der Waals surface area (Å²) < 4.78 is 8.15. The van der Waals surface area contributed by atoms with Gasteiger partial charge in [0.1, 0.15) is 21.0 Å². The molecule has 0 amide bonds. The summed E-state index contributed by atoms with van der Waals surface area (Å²) in [5.41, 5.74) is 0. The highest BCUT2D eigenvalue weighted by atomic mass is 127. The Hall–Kier alpha value is -0.140. The van der Waals surface area contributed by atoms with Crippen LogP contribution in [-0.2, 0) is 11.3 Å². The van der Waals surface area contributed by atoms with E-state index in [1.165, 1.54) is 4.83 Å². The van der Waals surface area contributed by atoms with E-state index in [9.17, 15) is 0 Å². The van der Waals surface area contributed by atoms with Gasteiger partial charge in [-0.2, -0.15) is 0 Å². The van der Waals surface area contributed by atoms with Crippen molar-refractivity contribution in [2.24, 2.45) is 0 Å². The average molecular weight is 294 g/mol. The summed E-state index contributed by atoms with van der Waals surface area (Å²) in [5, 5.41) is 2.05. The monoisotopic (exact) mass is 294 g/mol. The molecule has 0 spiro atoms. The Morgan fingerprint density at radius 3 is 3.33 bits per heavy atom. The zero-order chi connectivity index (χ0) is 8.55. The number of rotatable bonds is 2. The molecule has 0 aliphatic rings. The molecule has 0 N–H and O–H groups in total. The number of halogens is 1. The fraction of sp³-hybridized carbons (Fsp3) is 0.286. The molecule has 0 saturated carbocycles. The van der Waals surface area contributed by atoms with Gasteiger partial charge in [0, 0.05) is 18.7 Å². The molecule has 0 aliphatic heterocycles. The SMILES string of the molecule is COCc1nc(I)c2sccn12. The first-order valence-corrected chi connectivity index (χ1v) is 5.37. The van der Waals surface area contributed by atoms with E-state index < -0.39 is 0 Å². The first kappa shape index (κ1) is 8.46. The molecule has 3 nitrogen and oxygen atoms in total. The molecule has 0 unspecified atom stereocenters. The van der Waals surface area contributed by atoms with Crippen molar-refractivity contribution in [1.29, 1.82) is 0 Å². The van der Waals surface area contributed by atoms with Crippen LogP contribution >= 0.6 is 33.9 Å². The van der Waals surface area contributed by atoms with Gasteiger partial charge in [-0.05, 0) is 22.6 Å². The van der Waals surface area contributed by atoms with E-state index in [0.717, 1.165) is 9.53 Å². The molecular formula is C7H7IN2OS. The van der Waals surface area contributed by atoms with Gasteiger partial charge in [-0.15, -0.1) is 11.3 Å². The number of fused-ring (bicyclic) bond motifs is 1. The molecule has 0 radical (unpaired) electrons. The molecule has 2 aromatic heterocycles. The van der Waals surface area contributed by atoms with Crippen LogP contribution in [0.25, 0.3) is 4.83 Å². The minimum atomic E-state index is 0.570. The number of nitrogens with zero attached hydrogens (tertiary/aromatic N) is 2. The highest BCUT2D eigenvalue weighted by Gasteiger charge is 2.08. The molecule has 2 rings (SSSR count). The summed E-state index contributed by atoms with van der Waals surface area (Å²) in [5.74, 6) is 0.971. The summed E-state index contributed by atoms with van der Waals surface area (Å²) in [7, 11) is 1.68. The lowest BCUT2D eigenvalue weighted by Gasteiger charge is -1.93. The topological polar surface area (TPSA) is 26.5 Å².